The zero-order chi connectivity index (χ0) is 22.2. The first-order valence-corrected chi connectivity index (χ1v) is 9.84. The molecule has 0 spiro atoms. The molecule has 0 atom stereocenters. The van der Waals surface area contributed by atoms with Gasteiger partial charge >= 0.3 is 0 Å². The Kier molecular flexibility index (Phi) is 7.35. The van der Waals surface area contributed by atoms with Gasteiger partial charge < -0.3 is 10.1 Å². The molecule has 12 heteroatoms. The minimum atomic E-state index is -4.66. The molecule has 1 N–H and O–H groups in total. The first kappa shape index (κ1) is 24.6. The molecule has 168 valence electrons. The zero-order valence-electron chi connectivity index (χ0n) is 16.0. The minimum Gasteiger partial charge on any atom is -0.494 e. The normalized spacial score (nSPS) is 11.3. The number of benzene rings is 2. The van der Waals surface area contributed by atoms with Gasteiger partial charge in [-0.3, -0.25) is 0 Å². The van der Waals surface area contributed by atoms with Crippen LogP contribution in [0.1, 0.15) is 5.56 Å². The van der Waals surface area contributed by atoms with Crippen LogP contribution in [-0.2, 0) is 16.6 Å². The van der Waals surface area contributed by atoms with Crippen molar-refractivity contribution >= 4 is 22.4 Å². The van der Waals surface area contributed by atoms with Gasteiger partial charge in [-0.1, -0.05) is 0 Å². The van der Waals surface area contributed by atoms with Crippen molar-refractivity contribution in [3.63, 3.8) is 0 Å². The van der Waals surface area contributed by atoms with E-state index in [1.807, 2.05) is 0 Å². The van der Waals surface area contributed by atoms with Crippen LogP contribution in [0, 0.1) is 29.1 Å². The van der Waals surface area contributed by atoms with Crippen molar-refractivity contribution in [3.8, 4) is 17.0 Å². The third kappa shape index (κ3) is 4.39. The predicted molar refractivity (Wildman–Crippen MR) is 105 cm³/mol. The van der Waals surface area contributed by atoms with Crippen LogP contribution in [0.15, 0.2) is 41.4 Å². The second kappa shape index (κ2) is 9.25. The SMILES string of the molecule is CNCc1cn(S(=O)(=O)c2ccc(F)c(F)c2)c(-c2c(F)cc(F)cc2F)c1OC.Cl. The fourth-order valence-corrected chi connectivity index (χ4v) is 4.39. The maximum Gasteiger partial charge on any atom is 0.268 e. The highest BCUT2D eigenvalue weighted by Crippen LogP contribution is 2.40. The average molecular weight is 483 g/mol. The summed E-state index contributed by atoms with van der Waals surface area (Å²) in [5.74, 6) is -6.84. The summed E-state index contributed by atoms with van der Waals surface area (Å²) in [6.07, 6.45) is 1.03. The van der Waals surface area contributed by atoms with Gasteiger partial charge in [-0.25, -0.2) is 34.3 Å². The molecule has 0 saturated carbocycles. The fraction of sp³-hybridized carbons (Fsp3) is 0.158. The Morgan fingerprint density at radius 1 is 0.968 bits per heavy atom. The third-order valence-corrected chi connectivity index (χ3v) is 5.92. The van der Waals surface area contributed by atoms with Crippen molar-refractivity contribution in [2.75, 3.05) is 14.2 Å². The Morgan fingerprint density at radius 2 is 1.58 bits per heavy atom. The second-order valence-electron chi connectivity index (χ2n) is 6.19. The van der Waals surface area contributed by atoms with Crippen molar-refractivity contribution in [2.24, 2.45) is 0 Å². The lowest BCUT2D eigenvalue weighted by Crippen LogP contribution is -2.15. The van der Waals surface area contributed by atoms with E-state index in [1.165, 1.54) is 0 Å². The molecule has 31 heavy (non-hydrogen) atoms. The average Bonchev–Trinajstić information content (AvgIpc) is 3.02. The Balaban J connectivity index is 0.00000341. The molecule has 3 rings (SSSR count). The molecule has 2 aromatic carbocycles. The second-order valence-corrected chi connectivity index (χ2v) is 8.00. The summed E-state index contributed by atoms with van der Waals surface area (Å²) in [6, 6.07) is 2.62. The van der Waals surface area contributed by atoms with Gasteiger partial charge in [0.25, 0.3) is 10.0 Å². The number of aromatic nitrogens is 1. The summed E-state index contributed by atoms with van der Waals surface area (Å²) in [4.78, 5) is -0.667. The molecule has 0 saturated heterocycles. The maximum absolute atomic E-state index is 14.5. The van der Waals surface area contributed by atoms with Crippen molar-refractivity contribution in [1.82, 2.24) is 9.29 Å². The Morgan fingerprint density at radius 3 is 2.10 bits per heavy atom. The van der Waals surface area contributed by atoms with Gasteiger partial charge in [0.1, 0.15) is 28.9 Å². The van der Waals surface area contributed by atoms with Crippen LogP contribution in [0.2, 0.25) is 0 Å². The number of nitrogens with zero attached hydrogens (tertiary/aromatic N) is 1. The van der Waals surface area contributed by atoms with E-state index in [1.54, 1.807) is 7.05 Å². The highest BCUT2D eigenvalue weighted by Gasteiger charge is 2.31. The zero-order valence-corrected chi connectivity index (χ0v) is 17.7. The van der Waals surface area contributed by atoms with E-state index in [9.17, 15) is 30.4 Å². The number of hydrogen-bond donors (Lipinski definition) is 1. The Hall–Kier alpha value is -2.63. The molecule has 0 aliphatic rings. The summed E-state index contributed by atoms with van der Waals surface area (Å²) in [5.41, 5.74) is -1.23. The quantitative estimate of drug-likeness (QED) is 0.534. The molecular formula is C19H16ClF5N2O3S. The standard InChI is InChI=1S/C19H15F5N2O3S.ClH/c1-25-8-10-9-26(30(27,28)12-3-4-13(21)14(22)7-12)18(19(10)29-2)17-15(23)5-11(20)6-16(17)24;/h3-7,9,25H,8H2,1-2H3;1H. The van der Waals surface area contributed by atoms with E-state index >= 15 is 0 Å². The number of rotatable bonds is 6. The summed E-state index contributed by atoms with van der Waals surface area (Å²) in [5, 5.41) is 2.75. The van der Waals surface area contributed by atoms with Gasteiger partial charge in [0, 0.05) is 30.4 Å². The van der Waals surface area contributed by atoms with Crippen molar-refractivity contribution in [3.05, 3.63) is 71.2 Å². The van der Waals surface area contributed by atoms with Gasteiger partial charge in [0.2, 0.25) is 0 Å². The van der Waals surface area contributed by atoms with Gasteiger partial charge in [-0.05, 0) is 25.2 Å². The fourth-order valence-electron chi connectivity index (χ4n) is 2.99. The largest absolute Gasteiger partial charge is 0.494 e. The van der Waals surface area contributed by atoms with Gasteiger partial charge in [-0.2, -0.15) is 0 Å². The third-order valence-electron chi connectivity index (χ3n) is 4.26. The van der Waals surface area contributed by atoms with Crippen LogP contribution in [0.3, 0.4) is 0 Å². The smallest absolute Gasteiger partial charge is 0.268 e. The Bertz CT molecular complexity index is 1210. The molecule has 3 aromatic rings. The Labute approximate surface area is 180 Å². The first-order valence-electron chi connectivity index (χ1n) is 8.40. The van der Waals surface area contributed by atoms with Gasteiger partial charge in [0.15, 0.2) is 11.6 Å². The molecule has 0 aliphatic carbocycles. The number of halogens is 6. The highest BCUT2D eigenvalue weighted by molar-refractivity contribution is 7.90. The van der Waals surface area contributed by atoms with Crippen LogP contribution in [-0.4, -0.2) is 26.5 Å². The van der Waals surface area contributed by atoms with E-state index in [4.69, 9.17) is 4.74 Å². The maximum atomic E-state index is 14.5. The molecule has 0 bridgehead atoms. The van der Waals surface area contributed by atoms with Crippen LogP contribution in [0.5, 0.6) is 5.75 Å². The molecular weight excluding hydrogens is 467 g/mol. The van der Waals surface area contributed by atoms with Gasteiger partial charge in [-0.15, -0.1) is 12.4 Å². The predicted octanol–water partition coefficient (Wildman–Crippen LogP) is 4.24. The number of ether oxygens (including phenoxy) is 1. The highest BCUT2D eigenvalue weighted by atomic mass is 35.5. The lowest BCUT2D eigenvalue weighted by atomic mass is 10.1. The van der Waals surface area contributed by atoms with Crippen LogP contribution >= 0.6 is 12.4 Å². The summed E-state index contributed by atoms with van der Waals surface area (Å²) < 4.78 is 101. The number of methoxy groups -OCH3 is 1. The molecule has 1 heterocycles. The van der Waals surface area contributed by atoms with Crippen molar-refractivity contribution in [2.45, 2.75) is 11.4 Å². The molecule has 0 unspecified atom stereocenters. The monoisotopic (exact) mass is 482 g/mol. The minimum absolute atomic E-state index is 0. The van der Waals surface area contributed by atoms with Crippen LogP contribution < -0.4 is 10.1 Å². The molecule has 1 aromatic heterocycles. The van der Waals surface area contributed by atoms with Crippen LogP contribution in [0.4, 0.5) is 22.0 Å². The summed E-state index contributed by atoms with van der Waals surface area (Å²) >= 11 is 0. The van der Waals surface area contributed by atoms with E-state index in [0.717, 1.165) is 19.4 Å². The van der Waals surface area contributed by atoms with E-state index in [-0.39, 0.29) is 30.3 Å². The number of nitrogens with one attached hydrogen (secondary N) is 1. The lowest BCUT2D eigenvalue weighted by Gasteiger charge is -2.14. The summed E-state index contributed by atoms with van der Waals surface area (Å²) in [7, 11) is -1.96. The van der Waals surface area contributed by atoms with Crippen molar-refractivity contribution < 1.29 is 35.1 Å². The van der Waals surface area contributed by atoms with E-state index in [0.29, 0.717) is 28.2 Å². The molecule has 0 amide bonds. The number of hydrogen-bond acceptors (Lipinski definition) is 4. The molecule has 0 aliphatic heterocycles. The molecule has 0 fully saturated rings. The molecule has 5 nitrogen and oxygen atoms in total. The van der Waals surface area contributed by atoms with E-state index < -0.39 is 55.3 Å². The van der Waals surface area contributed by atoms with Crippen LogP contribution in [0.25, 0.3) is 11.3 Å². The topological polar surface area (TPSA) is 60.3 Å². The lowest BCUT2D eigenvalue weighted by molar-refractivity contribution is 0.410. The summed E-state index contributed by atoms with van der Waals surface area (Å²) in [6.45, 7) is 0.0426. The molecule has 0 radical (unpaired) electrons. The van der Waals surface area contributed by atoms with E-state index in [2.05, 4.69) is 5.32 Å². The van der Waals surface area contributed by atoms with Gasteiger partial charge in [0.05, 0.1) is 17.6 Å². The van der Waals surface area contributed by atoms with Crippen molar-refractivity contribution in [1.29, 1.82) is 0 Å². The first-order chi connectivity index (χ1) is 14.1.